The highest BCUT2D eigenvalue weighted by Gasteiger charge is 2.10. The molecule has 2 amide bonds. The maximum Gasteiger partial charge on any atom is 0.257 e. The van der Waals surface area contributed by atoms with Gasteiger partial charge >= 0.3 is 0 Å². The van der Waals surface area contributed by atoms with E-state index in [1.165, 1.54) is 35.6 Å². The molecule has 0 saturated carbocycles. The van der Waals surface area contributed by atoms with Crippen LogP contribution in [0.5, 0.6) is 0 Å². The number of carbonyl (C=O) groups is 2. The van der Waals surface area contributed by atoms with Crippen LogP contribution in [0.4, 0.5) is 15.2 Å². The number of hydrogen-bond acceptors (Lipinski definition) is 4. The molecule has 0 aliphatic rings. The molecule has 1 aromatic heterocycles. The van der Waals surface area contributed by atoms with E-state index in [9.17, 15) is 14.0 Å². The van der Waals surface area contributed by atoms with E-state index < -0.39 is 0 Å². The molecule has 2 aromatic carbocycles. The van der Waals surface area contributed by atoms with Crippen molar-refractivity contribution in [2.75, 3.05) is 10.6 Å². The van der Waals surface area contributed by atoms with Crippen molar-refractivity contribution in [1.82, 2.24) is 4.98 Å². The Balaban J connectivity index is 1.49. The van der Waals surface area contributed by atoms with Crippen LogP contribution in [-0.4, -0.2) is 16.8 Å². The van der Waals surface area contributed by atoms with Crippen LogP contribution in [0.2, 0.25) is 0 Å². The second-order valence-electron chi connectivity index (χ2n) is 5.52. The Bertz CT molecular complexity index is 895. The first-order chi connectivity index (χ1) is 12.6. The van der Waals surface area contributed by atoms with Gasteiger partial charge in [0.25, 0.3) is 5.91 Å². The summed E-state index contributed by atoms with van der Waals surface area (Å²) in [5.41, 5.74) is 1.83. The van der Waals surface area contributed by atoms with Gasteiger partial charge in [-0.1, -0.05) is 18.2 Å². The van der Waals surface area contributed by atoms with Gasteiger partial charge in [-0.2, -0.15) is 0 Å². The monoisotopic (exact) mass is 369 g/mol. The summed E-state index contributed by atoms with van der Waals surface area (Å²) in [6.07, 6.45) is 0.692. The van der Waals surface area contributed by atoms with Crippen LogP contribution in [0.15, 0.2) is 60.0 Å². The second-order valence-corrected chi connectivity index (χ2v) is 6.38. The van der Waals surface area contributed by atoms with E-state index in [0.717, 1.165) is 5.69 Å². The van der Waals surface area contributed by atoms with Gasteiger partial charge in [0.2, 0.25) is 5.91 Å². The zero-order chi connectivity index (χ0) is 18.4. The molecule has 0 aliphatic heterocycles. The zero-order valence-corrected chi connectivity index (χ0v) is 14.6. The molecule has 0 radical (unpaired) electrons. The highest BCUT2D eigenvalue weighted by atomic mass is 32.1. The van der Waals surface area contributed by atoms with Crippen molar-refractivity contribution < 1.29 is 14.0 Å². The highest BCUT2D eigenvalue weighted by Crippen LogP contribution is 2.18. The standard InChI is InChI=1S/C19H16FN3O2S/c20-14-6-8-15(9-7-14)21-17(24)11-10-16-12-26-19(22-16)23-18(25)13-4-2-1-3-5-13/h1-9,12H,10-11H2,(H,21,24)(H,22,23,25). The number of aromatic nitrogens is 1. The number of aryl methyl sites for hydroxylation is 1. The van der Waals surface area contributed by atoms with Crippen LogP contribution in [0.25, 0.3) is 0 Å². The third-order valence-corrected chi connectivity index (χ3v) is 4.35. The lowest BCUT2D eigenvalue weighted by Crippen LogP contribution is -2.13. The summed E-state index contributed by atoms with van der Waals surface area (Å²) in [6.45, 7) is 0. The predicted molar refractivity (Wildman–Crippen MR) is 99.9 cm³/mol. The van der Waals surface area contributed by atoms with Crippen LogP contribution < -0.4 is 10.6 Å². The number of rotatable bonds is 6. The Morgan fingerprint density at radius 3 is 2.46 bits per heavy atom. The number of amides is 2. The fraction of sp³-hybridized carbons (Fsp3) is 0.105. The molecule has 132 valence electrons. The first-order valence-corrected chi connectivity index (χ1v) is 8.84. The molecule has 0 spiro atoms. The van der Waals surface area contributed by atoms with Gasteiger partial charge < -0.3 is 5.32 Å². The van der Waals surface area contributed by atoms with Crippen LogP contribution in [0.3, 0.4) is 0 Å². The molecular formula is C19H16FN3O2S. The average molecular weight is 369 g/mol. The summed E-state index contributed by atoms with van der Waals surface area (Å²) >= 11 is 1.31. The van der Waals surface area contributed by atoms with E-state index in [0.29, 0.717) is 22.8 Å². The third kappa shape index (κ3) is 4.97. The van der Waals surface area contributed by atoms with E-state index in [1.54, 1.807) is 24.3 Å². The van der Waals surface area contributed by atoms with Crippen LogP contribution in [-0.2, 0) is 11.2 Å². The molecule has 0 unspecified atom stereocenters. The number of hydrogen-bond donors (Lipinski definition) is 2. The average Bonchev–Trinajstić information content (AvgIpc) is 3.10. The SMILES string of the molecule is O=C(CCc1csc(NC(=O)c2ccccc2)n1)Nc1ccc(F)cc1. The second kappa shape index (κ2) is 8.35. The number of nitrogens with zero attached hydrogens (tertiary/aromatic N) is 1. The predicted octanol–water partition coefficient (Wildman–Crippen LogP) is 4.11. The van der Waals surface area contributed by atoms with E-state index in [2.05, 4.69) is 15.6 Å². The fourth-order valence-corrected chi connectivity index (χ4v) is 2.98. The van der Waals surface area contributed by atoms with Crippen molar-refractivity contribution in [3.05, 3.63) is 77.1 Å². The lowest BCUT2D eigenvalue weighted by Gasteiger charge is -2.04. The van der Waals surface area contributed by atoms with E-state index in [4.69, 9.17) is 0 Å². The van der Waals surface area contributed by atoms with Crippen molar-refractivity contribution in [3.63, 3.8) is 0 Å². The highest BCUT2D eigenvalue weighted by molar-refractivity contribution is 7.14. The van der Waals surface area contributed by atoms with Gasteiger partial charge in [0.15, 0.2) is 5.13 Å². The fourth-order valence-electron chi connectivity index (χ4n) is 2.24. The minimum Gasteiger partial charge on any atom is -0.326 e. The zero-order valence-electron chi connectivity index (χ0n) is 13.7. The Hall–Kier alpha value is -3.06. The number of thiazole rings is 1. The van der Waals surface area contributed by atoms with Crippen molar-refractivity contribution in [2.45, 2.75) is 12.8 Å². The number of nitrogens with one attached hydrogen (secondary N) is 2. The largest absolute Gasteiger partial charge is 0.326 e. The minimum absolute atomic E-state index is 0.181. The summed E-state index contributed by atoms with van der Waals surface area (Å²) < 4.78 is 12.8. The molecule has 0 atom stereocenters. The number of carbonyl (C=O) groups excluding carboxylic acids is 2. The van der Waals surface area contributed by atoms with Crippen LogP contribution in [0.1, 0.15) is 22.5 Å². The van der Waals surface area contributed by atoms with E-state index in [1.807, 2.05) is 11.4 Å². The molecule has 2 N–H and O–H groups in total. The summed E-state index contributed by atoms with van der Waals surface area (Å²) in [7, 11) is 0. The Kier molecular flexibility index (Phi) is 5.70. The maximum absolute atomic E-state index is 12.8. The molecule has 1 heterocycles. The lowest BCUT2D eigenvalue weighted by molar-refractivity contribution is -0.116. The van der Waals surface area contributed by atoms with Gasteiger partial charge in [-0.3, -0.25) is 14.9 Å². The number of anilines is 2. The van der Waals surface area contributed by atoms with Gasteiger partial charge in [0.05, 0.1) is 5.69 Å². The molecule has 0 saturated heterocycles. The Morgan fingerprint density at radius 2 is 1.73 bits per heavy atom. The number of benzene rings is 2. The molecule has 0 bridgehead atoms. The van der Waals surface area contributed by atoms with Gasteiger partial charge in [0, 0.05) is 23.1 Å². The van der Waals surface area contributed by atoms with E-state index >= 15 is 0 Å². The molecule has 3 rings (SSSR count). The maximum atomic E-state index is 12.8. The molecule has 7 heteroatoms. The molecule has 5 nitrogen and oxygen atoms in total. The number of halogens is 1. The smallest absolute Gasteiger partial charge is 0.257 e. The summed E-state index contributed by atoms with van der Waals surface area (Å²) in [6, 6.07) is 14.5. The van der Waals surface area contributed by atoms with Gasteiger partial charge in [-0.25, -0.2) is 9.37 Å². The van der Waals surface area contributed by atoms with Gasteiger partial charge in [-0.15, -0.1) is 11.3 Å². The van der Waals surface area contributed by atoms with Crippen LogP contribution >= 0.6 is 11.3 Å². The van der Waals surface area contributed by atoms with Crippen molar-refractivity contribution in [3.8, 4) is 0 Å². The first kappa shape index (κ1) is 17.8. The van der Waals surface area contributed by atoms with Gasteiger partial charge in [-0.05, 0) is 42.8 Å². The summed E-state index contributed by atoms with van der Waals surface area (Å²) in [5.74, 6) is -0.754. The normalized spacial score (nSPS) is 10.3. The molecular weight excluding hydrogens is 353 g/mol. The van der Waals surface area contributed by atoms with Crippen molar-refractivity contribution in [2.24, 2.45) is 0 Å². The van der Waals surface area contributed by atoms with E-state index in [-0.39, 0.29) is 24.1 Å². The molecule has 3 aromatic rings. The van der Waals surface area contributed by atoms with Gasteiger partial charge in [0.1, 0.15) is 5.82 Å². The summed E-state index contributed by atoms with van der Waals surface area (Å²) in [4.78, 5) is 28.3. The van der Waals surface area contributed by atoms with Crippen molar-refractivity contribution in [1.29, 1.82) is 0 Å². The lowest BCUT2D eigenvalue weighted by atomic mass is 10.2. The molecule has 0 fully saturated rings. The quantitative estimate of drug-likeness (QED) is 0.687. The van der Waals surface area contributed by atoms with Crippen molar-refractivity contribution >= 4 is 34.0 Å². The Morgan fingerprint density at radius 1 is 1.00 bits per heavy atom. The first-order valence-electron chi connectivity index (χ1n) is 7.96. The summed E-state index contributed by atoms with van der Waals surface area (Å²) in [5, 5.41) is 7.75. The van der Waals surface area contributed by atoms with Crippen LogP contribution in [0, 0.1) is 5.82 Å². The molecule has 0 aliphatic carbocycles. The molecule has 26 heavy (non-hydrogen) atoms. The third-order valence-electron chi connectivity index (χ3n) is 3.54. The Labute approximate surface area is 153 Å². The topological polar surface area (TPSA) is 71.1 Å². The minimum atomic E-state index is -0.351.